The molecule has 0 spiro atoms. The molecular formula is C12H15O. The molecule has 0 aliphatic rings. The molecule has 13 heavy (non-hydrogen) atoms. The summed E-state index contributed by atoms with van der Waals surface area (Å²) in [6.07, 6.45) is 2.87. The number of Topliss-reactive ketones (excluding diaryl/α,β-unsaturated/α-hetero) is 1. The van der Waals surface area contributed by atoms with Crippen molar-refractivity contribution in [2.45, 2.75) is 26.2 Å². The van der Waals surface area contributed by atoms with Crippen LogP contribution in [-0.2, 0) is 4.79 Å². The van der Waals surface area contributed by atoms with Gasteiger partial charge in [-0.2, -0.15) is 0 Å². The van der Waals surface area contributed by atoms with Crippen molar-refractivity contribution in [2.24, 2.45) is 0 Å². The molecule has 1 nitrogen and oxygen atoms in total. The normalized spacial score (nSPS) is 12.5. The van der Waals surface area contributed by atoms with E-state index in [2.05, 4.69) is 0 Å². The van der Waals surface area contributed by atoms with Gasteiger partial charge in [0.15, 0.2) is 0 Å². The predicted molar refractivity (Wildman–Crippen MR) is 54.5 cm³/mol. The second-order valence-electron chi connectivity index (χ2n) is 3.22. The topological polar surface area (TPSA) is 17.1 Å². The van der Waals surface area contributed by atoms with Gasteiger partial charge >= 0.3 is 0 Å². The van der Waals surface area contributed by atoms with Crippen LogP contribution in [0.1, 0.15) is 31.7 Å². The Hall–Kier alpha value is -1.11. The summed E-state index contributed by atoms with van der Waals surface area (Å²) >= 11 is 0. The molecule has 69 valence electrons. The molecule has 0 N–H and O–H groups in total. The van der Waals surface area contributed by atoms with Gasteiger partial charge < -0.3 is 0 Å². The quantitative estimate of drug-likeness (QED) is 0.687. The molecule has 1 radical (unpaired) electrons. The molecule has 1 rings (SSSR count). The van der Waals surface area contributed by atoms with E-state index >= 15 is 0 Å². The van der Waals surface area contributed by atoms with Crippen molar-refractivity contribution in [3.8, 4) is 0 Å². The largest absolute Gasteiger partial charge is 0.299 e. The molecule has 0 fully saturated rings. The van der Waals surface area contributed by atoms with Crippen molar-refractivity contribution in [2.75, 3.05) is 0 Å². The summed E-state index contributed by atoms with van der Waals surface area (Å²) in [5.74, 6) is 0.287. The molecule has 1 heteroatoms. The number of hydrogen-bond acceptors (Lipinski definition) is 1. The molecule has 1 aromatic carbocycles. The maximum absolute atomic E-state index is 11.3. The van der Waals surface area contributed by atoms with E-state index in [0.29, 0.717) is 0 Å². The number of carbonyl (C=O) groups is 1. The molecule has 0 aliphatic carbocycles. The van der Waals surface area contributed by atoms with E-state index < -0.39 is 0 Å². The fourth-order valence-electron chi connectivity index (χ4n) is 1.46. The van der Waals surface area contributed by atoms with Crippen LogP contribution in [0.5, 0.6) is 0 Å². The molecule has 0 heterocycles. The molecule has 1 unspecified atom stereocenters. The highest BCUT2D eigenvalue weighted by Gasteiger charge is 2.14. The van der Waals surface area contributed by atoms with Gasteiger partial charge in [-0.25, -0.2) is 0 Å². The van der Waals surface area contributed by atoms with Gasteiger partial charge in [0.25, 0.3) is 0 Å². The molecule has 0 aromatic heterocycles. The van der Waals surface area contributed by atoms with E-state index in [1.165, 1.54) is 0 Å². The fourth-order valence-corrected chi connectivity index (χ4v) is 1.46. The average molecular weight is 175 g/mol. The molecule has 1 atom stereocenters. The molecular weight excluding hydrogens is 160 g/mol. The van der Waals surface area contributed by atoms with Gasteiger partial charge in [0.2, 0.25) is 0 Å². The standard InChI is InChI=1S/C12H15O/c1-3-7-12(10(2)13)11-8-5-4-6-9-11/h3-6,8-9,12H,7H2,1-2H3. The van der Waals surface area contributed by atoms with Crippen LogP contribution in [0.3, 0.4) is 0 Å². The Balaban J connectivity index is 2.82. The van der Waals surface area contributed by atoms with Crippen molar-refractivity contribution in [1.29, 1.82) is 0 Å². The van der Waals surface area contributed by atoms with Crippen LogP contribution in [0.4, 0.5) is 0 Å². The van der Waals surface area contributed by atoms with Gasteiger partial charge in [-0.3, -0.25) is 4.79 Å². The Kier molecular flexibility index (Phi) is 3.69. The SMILES string of the molecule is C[CH]CC(C(C)=O)c1ccccc1. The van der Waals surface area contributed by atoms with Crippen LogP contribution in [-0.4, -0.2) is 5.78 Å². The summed E-state index contributed by atoms with van der Waals surface area (Å²) in [5.41, 5.74) is 1.12. The highest BCUT2D eigenvalue weighted by Crippen LogP contribution is 2.21. The molecule has 0 aliphatic heterocycles. The first kappa shape index (κ1) is 9.97. The summed E-state index contributed by atoms with van der Waals surface area (Å²) in [7, 11) is 0. The Morgan fingerprint density at radius 3 is 2.46 bits per heavy atom. The van der Waals surface area contributed by atoms with Gasteiger partial charge in [-0.05, 0) is 25.3 Å². The van der Waals surface area contributed by atoms with Crippen molar-refractivity contribution < 1.29 is 4.79 Å². The van der Waals surface area contributed by atoms with Crippen LogP contribution in [0.2, 0.25) is 0 Å². The lowest BCUT2D eigenvalue weighted by molar-refractivity contribution is -0.118. The molecule has 0 bridgehead atoms. The summed E-state index contributed by atoms with van der Waals surface area (Å²) in [5, 5.41) is 0. The van der Waals surface area contributed by atoms with E-state index in [-0.39, 0.29) is 11.7 Å². The lowest BCUT2D eigenvalue weighted by Gasteiger charge is -2.12. The van der Waals surface area contributed by atoms with Gasteiger partial charge in [0, 0.05) is 5.92 Å². The minimum absolute atomic E-state index is 0.0474. The first-order valence-corrected chi connectivity index (χ1v) is 4.59. The maximum atomic E-state index is 11.3. The Morgan fingerprint density at radius 2 is 2.00 bits per heavy atom. The van der Waals surface area contributed by atoms with E-state index in [9.17, 15) is 4.79 Å². The molecule has 0 saturated heterocycles. The smallest absolute Gasteiger partial charge is 0.137 e. The molecule has 0 saturated carbocycles. The first-order chi connectivity index (χ1) is 6.25. The first-order valence-electron chi connectivity index (χ1n) is 4.59. The second kappa shape index (κ2) is 4.80. The van der Waals surface area contributed by atoms with E-state index in [0.717, 1.165) is 12.0 Å². The zero-order chi connectivity index (χ0) is 9.68. The summed E-state index contributed by atoms with van der Waals surface area (Å²) in [6, 6.07) is 9.93. The Labute approximate surface area is 79.8 Å². The monoisotopic (exact) mass is 175 g/mol. The maximum Gasteiger partial charge on any atom is 0.137 e. The van der Waals surface area contributed by atoms with Crippen LogP contribution in [0.25, 0.3) is 0 Å². The highest BCUT2D eigenvalue weighted by molar-refractivity contribution is 5.83. The van der Waals surface area contributed by atoms with Crippen LogP contribution >= 0.6 is 0 Å². The number of hydrogen-bond donors (Lipinski definition) is 0. The average Bonchev–Trinajstić information content (AvgIpc) is 2.15. The number of carbonyl (C=O) groups excluding carboxylic acids is 1. The highest BCUT2D eigenvalue weighted by atomic mass is 16.1. The minimum Gasteiger partial charge on any atom is -0.299 e. The van der Waals surface area contributed by atoms with E-state index in [4.69, 9.17) is 0 Å². The third-order valence-electron chi connectivity index (χ3n) is 2.16. The van der Waals surface area contributed by atoms with Crippen LogP contribution < -0.4 is 0 Å². The van der Waals surface area contributed by atoms with Crippen molar-refractivity contribution >= 4 is 5.78 Å². The van der Waals surface area contributed by atoms with E-state index in [1.54, 1.807) is 6.92 Å². The lowest BCUT2D eigenvalue weighted by atomic mass is 9.91. The van der Waals surface area contributed by atoms with Gasteiger partial charge in [0.1, 0.15) is 5.78 Å². The zero-order valence-electron chi connectivity index (χ0n) is 8.16. The Bertz CT molecular complexity index is 264. The minimum atomic E-state index is 0.0474. The van der Waals surface area contributed by atoms with Gasteiger partial charge in [-0.15, -0.1) is 0 Å². The summed E-state index contributed by atoms with van der Waals surface area (Å²) in [6.45, 7) is 3.64. The summed E-state index contributed by atoms with van der Waals surface area (Å²) < 4.78 is 0. The van der Waals surface area contributed by atoms with Gasteiger partial charge in [0.05, 0.1) is 0 Å². The van der Waals surface area contributed by atoms with Crippen molar-refractivity contribution in [3.05, 3.63) is 42.3 Å². The zero-order valence-corrected chi connectivity index (χ0v) is 8.16. The van der Waals surface area contributed by atoms with E-state index in [1.807, 2.05) is 43.7 Å². The Morgan fingerprint density at radius 1 is 1.38 bits per heavy atom. The third-order valence-corrected chi connectivity index (χ3v) is 2.16. The fraction of sp³-hybridized carbons (Fsp3) is 0.333. The number of ketones is 1. The summed E-state index contributed by atoms with van der Waals surface area (Å²) in [4.78, 5) is 11.3. The second-order valence-corrected chi connectivity index (χ2v) is 3.22. The predicted octanol–water partition coefficient (Wildman–Crippen LogP) is 2.97. The molecule has 1 aromatic rings. The van der Waals surface area contributed by atoms with Crippen LogP contribution in [0.15, 0.2) is 30.3 Å². The number of benzene rings is 1. The van der Waals surface area contributed by atoms with Crippen molar-refractivity contribution in [3.63, 3.8) is 0 Å². The third kappa shape index (κ3) is 2.69. The number of rotatable bonds is 4. The molecule has 0 amide bonds. The van der Waals surface area contributed by atoms with Gasteiger partial charge in [-0.1, -0.05) is 37.3 Å². The van der Waals surface area contributed by atoms with Crippen molar-refractivity contribution in [1.82, 2.24) is 0 Å². The lowest BCUT2D eigenvalue weighted by Crippen LogP contribution is -2.08. The van der Waals surface area contributed by atoms with Crippen LogP contribution in [0, 0.1) is 6.42 Å².